The van der Waals surface area contributed by atoms with Gasteiger partial charge in [0.05, 0.1) is 0 Å². The Bertz CT molecular complexity index is 491. The molecule has 2 rings (SSSR count). The SMILES string of the molecule is Cc1nc(NC(=O)c2ccccc2)[se]c1C.Cl. The molecule has 90 valence electrons. The third-order valence-corrected chi connectivity index (χ3v) is 4.36. The van der Waals surface area contributed by atoms with Crippen molar-refractivity contribution in [1.82, 2.24) is 4.98 Å². The maximum Gasteiger partial charge on any atom is -0.147 e. The van der Waals surface area contributed by atoms with E-state index in [2.05, 4.69) is 17.2 Å². The van der Waals surface area contributed by atoms with Crippen molar-refractivity contribution in [3.63, 3.8) is 0 Å². The number of hydrogen-bond donors (Lipinski definition) is 1. The Morgan fingerprint density at radius 3 is 2.41 bits per heavy atom. The second-order valence-corrected chi connectivity index (χ2v) is 6.01. The number of aromatic nitrogens is 1. The summed E-state index contributed by atoms with van der Waals surface area (Å²) < 4.78 is 2.08. The van der Waals surface area contributed by atoms with E-state index in [1.807, 2.05) is 25.1 Å². The summed E-state index contributed by atoms with van der Waals surface area (Å²) in [7, 11) is 0. The quantitative estimate of drug-likeness (QED) is 0.865. The van der Waals surface area contributed by atoms with Gasteiger partial charge < -0.3 is 0 Å². The fraction of sp³-hybridized carbons (Fsp3) is 0.167. The molecule has 0 bridgehead atoms. The van der Waals surface area contributed by atoms with Crippen molar-refractivity contribution < 1.29 is 4.79 Å². The van der Waals surface area contributed by atoms with Crippen LogP contribution in [0.5, 0.6) is 0 Å². The number of amides is 1. The maximum absolute atomic E-state index is 11.8. The number of nitrogens with zero attached hydrogens (tertiary/aromatic N) is 1. The predicted molar refractivity (Wildman–Crippen MR) is 72.3 cm³/mol. The van der Waals surface area contributed by atoms with Crippen LogP contribution in [-0.4, -0.2) is 25.4 Å². The molecular weight excluding hydrogens is 303 g/mol. The van der Waals surface area contributed by atoms with Gasteiger partial charge >= 0.3 is 100 Å². The minimum Gasteiger partial charge on any atom is -0.147 e. The van der Waals surface area contributed by atoms with Gasteiger partial charge in [-0.15, -0.1) is 12.4 Å². The summed E-state index contributed by atoms with van der Waals surface area (Å²) in [6.07, 6.45) is 0. The van der Waals surface area contributed by atoms with Crippen LogP contribution in [0.25, 0.3) is 0 Å². The van der Waals surface area contributed by atoms with E-state index in [1.54, 1.807) is 12.1 Å². The first kappa shape index (κ1) is 14.0. The van der Waals surface area contributed by atoms with Gasteiger partial charge in [-0.25, -0.2) is 0 Å². The van der Waals surface area contributed by atoms with Crippen LogP contribution >= 0.6 is 12.4 Å². The minimum atomic E-state index is -0.0799. The van der Waals surface area contributed by atoms with Crippen molar-refractivity contribution in [3.8, 4) is 0 Å². The van der Waals surface area contributed by atoms with Gasteiger partial charge in [0.25, 0.3) is 0 Å². The third-order valence-electron chi connectivity index (χ3n) is 2.28. The van der Waals surface area contributed by atoms with Gasteiger partial charge in [0.15, 0.2) is 0 Å². The molecule has 1 aromatic heterocycles. The van der Waals surface area contributed by atoms with E-state index in [4.69, 9.17) is 0 Å². The normalized spacial score (nSPS) is 9.53. The fourth-order valence-electron chi connectivity index (χ4n) is 1.29. The molecule has 1 N–H and O–H groups in total. The Hall–Kier alpha value is -1.09. The topological polar surface area (TPSA) is 42.0 Å². The fourth-order valence-corrected chi connectivity index (χ4v) is 2.98. The molecule has 0 saturated heterocycles. The number of carbonyl (C=O) groups is 1. The van der Waals surface area contributed by atoms with Crippen molar-refractivity contribution in [2.24, 2.45) is 0 Å². The van der Waals surface area contributed by atoms with E-state index in [1.165, 1.54) is 4.44 Å². The van der Waals surface area contributed by atoms with Crippen molar-refractivity contribution in [2.75, 3.05) is 5.32 Å². The summed E-state index contributed by atoms with van der Waals surface area (Å²) in [5, 5.41) is 2.85. The zero-order valence-electron chi connectivity index (χ0n) is 9.56. The molecule has 0 spiro atoms. The van der Waals surface area contributed by atoms with E-state index < -0.39 is 0 Å². The van der Waals surface area contributed by atoms with Crippen molar-refractivity contribution in [3.05, 3.63) is 46.0 Å². The predicted octanol–water partition coefficient (Wildman–Crippen LogP) is 2.43. The van der Waals surface area contributed by atoms with E-state index in [0.29, 0.717) is 5.56 Å². The first-order valence-electron chi connectivity index (χ1n) is 4.97. The van der Waals surface area contributed by atoms with Crippen LogP contribution in [0, 0.1) is 13.8 Å². The van der Waals surface area contributed by atoms with Crippen LogP contribution < -0.4 is 5.32 Å². The number of halogens is 1. The summed E-state index contributed by atoms with van der Waals surface area (Å²) in [6, 6.07) is 9.19. The number of nitrogens with one attached hydrogen (secondary N) is 1. The third kappa shape index (κ3) is 3.43. The first-order chi connectivity index (χ1) is 7.66. The number of hydrogen-bond acceptors (Lipinski definition) is 2. The van der Waals surface area contributed by atoms with Crippen LogP contribution in [0.4, 0.5) is 4.69 Å². The second-order valence-electron chi connectivity index (χ2n) is 3.48. The zero-order chi connectivity index (χ0) is 11.5. The molecule has 0 aliphatic heterocycles. The van der Waals surface area contributed by atoms with Crippen molar-refractivity contribution in [2.45, 2.75) is 13.8 Å². The molecule has 0 aliphatic rings. The number of rotatable bonds is 2. The maximum atomic E-state index is 11.8. The smallest absolute Gasteiger partial charge is 0.147 e. The molecule has 17 heavy (non-hydrogen) atoms. The van der Waals surface area contributed by atoms with Gasteiger partial charge in [-0.05, 0) is 0 Å². The molecule has 1 amide bonds. The van der Waals surface area contributed by atoms with Gasteiger partial charge in [-0.3, -0.25) is 0 Å². The van der Waals surface area contributed by atoms with Crippen LogP contribution in [0.15, 0.2) is 30.3 Å². The van der Waals surface area contributed by atoms with Crippen molar-refractivity contribution >= 4 is 37.5 Å². The molecule has 0 aliphatic carbocycles. The molecule has 0 atom stereocenters. The summed E-state index contributed by atoms with van der Waals surface area (Å²) in [6.45, 7) is 4.03. The number of benzene rings is 1. The molecule has 0 fully saturated rings. The molecule has 1 aromatic carbocycles. The summed E-state index contributed by atoms with van der Waals surface area (Å²) in [5.41, 5.74) is 1.70. The Morgan fingerprint density at radius 1 is 1.24 bits per heavy atom. The molecule has 0 unspecified atom stereocenters. The molecule has 1 heterocycles. The van der Waals surface area contributed by atoms with E-state index in [9.17, 15) is 4.79 Å². The average molecular weight is 316 g/mol. The van der Waals surface area contributed by atoms with Crippen LogP contribution in [0.2, 0.25) is 0 Å². The summed E-state index contributed by atoms with van der Waals surface area (Å²) in [4.78, 5) is 16.1. The van der Waals surface area contributed by atoms with E-state index in [-0.39, 0.29) is 32.8 Å². The minimum absolute atomic E-state index is 0. The van der Waals surface area contributed by atoms with Gasteiger partial charge in [-0.2, -0.15) is 0 Å². The Labute approximate surface area is 112 Å². The number of aryl methyl sites for hydroxylation is 2. The first-order valence-corrected chi connectivity index (χ1v) is 6.68. The largest absolute Gasteiger partial charge is 0.147 e. The van der Waals surface area contributed by atoms with Crippen LogP contribution in [0.1, 0.15) is 20.5 Å². The molecule has 0 saturated carbocycles. The van der Waals surface area contributed by atoms with Gasteiger partial charge in [0.1, 0.15) is 0 Å². The zero-order valence-corrected chi connectivity index (χ0v) is 12.1. The standard InChI is InChI=1S/C12H12N2OSe.ClH/c1-8-9(2)16-12(13-8)14-11(15)10-6-4-3-5-7-10;/h3-7H,1-2H3,(H,13,14,15);1H. The molecule has 2 aromatic rings. The van der Waals surface area contributed by atoms with Crippen molar-refractivity contribution in [1.29, 1.82) is 0 Å². The van der Waals surface area contributed by atoms with Gasteiger partial charge in [0.2, 0.25) is 0 Å². The van der Waals surface area contributed by atoms with Gasteiger partial charge in [0, 0.05) is 0 Å². The Morgan fingerprint density at radius 2 is 1.88 bits per heavy atom. The Kier molecular flexibility index (Phi) is 4.94. The van der Waals surface area contributed by atoms with E-state index in [0.717, 1.165) is 10.4 Å². The Balaban J connectivity index is 0.00000144. The van der Waals surface area contributed by atoms with Crippen LogP contribution in [0.3, 0.4) is 0 Å². The molecule has 3 nitrogen and oxygen atoms in total. The number of carbonyl (C=O) groups excluding carboxylic acids is 1. The van der Waals surface area contributed by atoms with Gasteiger partial charge in [-0.1, -0.05) is 0 Å². The molecular formula is C12H13ClN2OSe. The summed E-state index contributed by atoms with van der Waals surface area (Å²) >= 11 is 0.175. The summed E-state index contributed by atoms with van der Waals surface area (Å²) in [5.74, 6) is -0.0799. The van der Waals surface area contributed by atoms with Crippen LogP contribution in [-0.2, 0) is 0 Å². The second kappa shape index (κ2) is 6.01. The molecule has 0 radical (unpaired) electrons. The monoisotopic (exact) mass is 316 g/mol. The molecule has 5 heteroatoms. The average Bonchev–Trinajstić information content (AvgIpc) is 2.59. The van der Waals surface area contributed by atoms with E-state index >= 15 is 0 Å². The number of anilines is 1.